The van der Waals surface area contributed by atoms with Gasteiger partial charge in [-0.15, -0.1) is 0 Å². The summed E-state index contributed by atoms with van der Waals surface area (Å²) in [6, 6.07) is 6.16. The molecule has 0 spiro atoms. The summed E-state index contributed by atoms with van der Waals surface area (Å²) >= 11 is 0. The van der Waals surface area contributed by atoms with Crippen LogP contribution in [-0.4, -0.2) is 26.0 Å². The summed E-state index contributed by atoms with van der Waals surface area (Å²) in [5.74, 6) is -0.777. The largest absolute Gasteiger partial charge is 0.478 e. The molecule has 0 saturated heterocycles. The number of hydrogen-bond donors (Lipinski definition) is 1. The third-order valence-corrected chi connectivity index (χ3v) is 3.35. The van der Waals surface area contributed by atoms with E-state index in [2.05, 4.69) is 9.97 Å². The zero-order valence-electron chi connectivity index (χ0n) is 10.9. The molecule has 0 amide bonds. The van der Waals surface area contributed by atoms with E-state index in [0.717, 1.165) is 12.8 Å². The summed E-state index contributed by atoms with van der Waals surface area (Å²) in [6.07, 6.45) is 3.00. The molecule has 1 N–H and O–H groups in total. The first kappa shape index (κ1) is 13.2. The highest BCUT2D eigenvalue weighted by Gasteiger charge is 2.31. The van der Waals surface area contributed by atoms with Gasteiger partial charge < -0.3 is 5.11 Å². The molecule has 2 aromatic rings. The van der Waals surface area contributed by atoms with Crippen molar-refractivity contribution in [1.82, 2.24) is 9.97 Å². The minimum absolute atomic E-state index is 0.0693. The predicted octanol–water partition coefficient (Wildman–Crippen LogP) is 2.63. The van der Waals surface area contributed by atoms with Crippen molar-refractivity contribution in [2.75, 3.05) is 0 Å². The number of aromatic nitrogens is 2. The van der Waals surface area contributed by atoms with Crippen molar-refractivity contribution in [2.45, 2.75) is 18.8 Å². The van der Waals surface area contributed by atoms with Gasteiger partial charge in [-0.2, -0.15) is 0 Å². The summed E-state index contributed by atoms with van der Waals surface area (Å²) in [5.41, 5.74) is 0.731. The third kappa shape index (κ3) is 2.45. The Kier molecular flexibility index (Phi) is 3.09. The van der Waals surface area contributed by atoms with Gasteiger partial charge in [0.05, 0.1) is 21.7 Å². The van der Waals surface area contributed by atoms with Crippen molar-refractivity contribution in [2.24, 2.45) is 0 Å². The van der Waals surface area contributed by atoms with E-state index in [9.17, 15) is 14.9 Å². The molecule has 1 aromatic carbocycles. The quantitative estimate of drug-likeness (QED) is 0.683. The minimum atomic E-state index is -1.08. The molecule has 21 heavy (non-hydrogen) atoms. The summed E-state index contributed by atoms with van der Waals surface area (Å²) in [4.78, 5) is 30.0. The lowest BCUT2D eigenvalue weighted by atomic mass is 10.1. The minimum Gasteiger partial charge on any atom is -0.478 e. The van der Waals surface area contributed by atoms with Crippen LogP contribution >= 0.6 is 0 Å². The SMILES string of the molecule is O=C(O)c1cnc(-c2ccccc2[N+](=O)[O-])nc1C1CC1. The molecule has 0 atom stereocenters. The number of nitro benzene ring substituents is 1. The van der Waals surface area contributed by atoms with E-state index < -0.39 is 10.9 Å². The lowest BCUT2D eigenvalue weighted by molar-refractivity contribution is -0.384. The number of para-hydroxylation sites is 1. The van der Waals surface area contributed by atoms with Crippen LogP contribution in [0, 0.1) is 10.1 Å². The van der Waals surface area contributed by atoms with Gasteiger partial charge in [-0.05, 0) is 18.9 Å². The second-order valence-corrected chi connectivity index (χ2v) is 4.85. The standard InChI is InChI=1S/C14H11N3O4/c18-14(19)10-7-15-13(16-12(10)8-5-6-8)9-3-1-2-4-11(9)17(20)21/h1-4,7-8H,5-6H2,(H,18,19). The maximum atomic E-state index is 11.2. The van der Waals surface area contributed by atoms with Crippen LogP contribution in [0.2, 0.25) is 0 Å². The van der Waals surface area contributed by atoms with E-state index in [1.807, 2.05) is 0 Å². The van der Waals surface area contributed by atoms with Crippen LogP contribution in [0.5, 0.6) is 0 Å². The van der Waals surface area contributed by atoms with Crippen LogP contribution in [0.25, 0.3) is 11.4 Å². The Balaban J connectivity index is 2.14. The van der Waals surface area contributed by atoms with E-state index in [1.165, 1.54) is 12.3 Å². The fourth-order valence-electron chi connectivity index (χ4n) is 2.18. The van der Waals surface area contributed by atoms with Crippen LogP contribution in [0.1, 0.15) is 34.8 Å². The molecular weight excluding hydrogens is 274 g/mol. The van der Waals surface area contributed by atoms with E-state index in [-0.39, 0.29) is 23.0 Å². The van der Waals surface area contributed by atoms with Gasteiger partial charge in [-0.25, -0.2) is 14.8 Å². The van der Waals surface area contributed by atoms with Gasteiger partial charge in [0, 0.05) is 18.2 Å². The van der Waals surface area contributed by atoms with E-state index >= 15 is 0 Å². The molecule has 0 radical (unpaired) electrons. The van der Waals surface area contributed by atoms with Crippen LogP contribution in [0.3, 0.4) is 0 Å². The van der Waals surface area contributed by atoms with Gasteiger partial charge in [-0.1, -0.05) is 12.1 Å². The third-order valence-electron chi connectivity index (χ3n) is 3.35. The smallest absolute Gasteiger partial charge is 0.339 e. The van der Waals surface area contributed by atoms with Crippen LogP contribution < -0.4 is 0 Å². The average Bonchev–Trinajstić information content (AvgIpc) is 3.31. The van der Waals surface area contributed by atoms with E-state index in [0.29, 0.717) is 11.3 Å². The number of rotatable bonds is 4. The fourth-order valence-corrected chi connectivity index (χ4v) is 2.18. The Morgan fingerprint density at radius 3 is 2.67 bits per heavy atom. The Labute approximate surface area is 119 Å². The van der Waals surface area contributed by atoms with Crippen molar-refractivity contribution in [1.29, 1.82) is 0 Å². The van der Waals surface area contributed by atoms with Gasteiger partial charge in [0.1, 0.15) is 0 Å². The highest BCUT2D eigenvalue weighted by atomic mass is 16.6. The number of carboxylic acids is 1. The van der Waals surface area contributed by atoms with E-state index in [1.54, 1.807) is 18.2 Å². The summed E-state index contributed by atoms with van der Waals surface area (Å²) in [7, 11) is 0. The molecule has 1 heterocycles. The molecule has 1 aliphatic carbocycles. The van der Waals surface area contributed by atoms with Gasteiger partial charge in [0.2, 0.25) is 0 Å². The molecule has 1 fully saturated rings. The average molecular weight is 285 g/mol. The zero-order valence-corrected chi connectivity index (χ0v) is 10.9. The molecule has 7 heteroatoms. The molecule has 1 aliphatic rings. The molecule has 1 aromatic heterocycles. The van der Waals surface area contributed by atoms with Crippen LogP contribution in [0.15, 0.2) is 30.5 Å². The first-order valence-electron chi connectivity index (χ1n) is 6.42. The first-order valence-corrected chi connectivity index (χ1v) is 6.42. The fraction of sp³-hybridized carbons (Fsp3) is 0.214. The Hall–Kier alpha value is -2.83. The van der Waals surface area contributed by atoms with Crippen molar-refractivity contribution in [3.05, 3.63) is 51.8 Å². The van der Waals surface area contributed by atoms with Gasteiger partial charge in [-0.3, -0.25) is 10.1 Å². The molecule has 3 rings (SSSR count). The number of nitrogens with zero attached hydrogens (tertiary/aromatic N) is 3. The molecule has 0 unspecified atom stereocenters. The van der Waals surface area contributed by atoms with Gasteiger partial charge >= 0.3 is 5.97 Å². The van der Waals surface area contributed by atoms with Gasteiger partial charge in [0.25, 0.3) is 5.69 Å². The van der Waals surface area contributed by atoms with Crippen molar-refractivity contribution < 1.29 is 14.8 Å². The highest BCUT2D eigenvalue weighted by Crippen LogP contribution is 2.41. The maximum Gasteiger partial charge on any atom is 0.339 e. The molecule has 0 aliphatic heterocycles. The van der Waals surface area contributed by atoms with Crippen LogP contribution in [0.4, 0.5) is 5.69 Å². The lowest BCUT2D eigenvalue weighted by Crippen LogP contribution is -2.07. The van der Waals surface area contributed by atoms with Crippen molar-refractivity contribution in [3.63, 3.8) is 0 Å². The number of aromatic carboxylic acids is 1. The topological polar surface area (TPSA) is 106 Å². The van der Waals surface area contributed by atoms with E-state index in [4.69, 9.17) is 5.11 Å². The number of hydrogen-bond acceptors (Lipinski definition) is 5. The first-order chi connectivity index (χ1) is 10.1. The van der Waals surface area contributed by atoms with Crippen molar-refractivity contribution in [3.8, 4) is 11.4 Å². The summed E-state index contributed by atoms with van der Waals surface area (Å²) in [5, 5.41) is 20.2. The number of benzene rings is 1. The number of nitro groups is 1. The number of carbonyl (C=O) groups is 1. The maximum absolute atomic E-state index is 11.2. The highest BCUT2D eigenvalue weighted by molar-refractivity contribution is 5.89. The second kappa shape index (κ2) is 4.93. The molecule has 7 nitrogen and oxygen atoms in total. The predicted molar refractivity (Wildman–Crippen MR) is 73.1 cm³/mol. The molecular formula is C14H11N3O4. The normalized spacial score (nSPS) is 13.9. The molecule has 0 bridgehead atoms. The Morgan fingerprint density at radius 2 is 2.05 bits per heavy atom. The molecule has 106 valence electrons. The Morgan fingerprint density at radius 1 is 1.33 bits per heavy atom. The summed E-state index contributed by atoms with van der Waals surface area (Å²) < 4.78 is 0. The Bertz CT molecular complexity index is 741. The number of carboxylic acid groups (broad SMARTS) is 1. The monoisotopic (exact) mass is 285 g/mol. The van der Waals surface area contributed by atoms with Gasteiger partial charge in [0.15, 0.2) is 5.82 Å². The van der Waals surface area contributed by atoms with Crippen molar-refractivity contribution >= 4 is 11.7 Å². The zero-order chi connectivity index (χ0) is 15.0. The molecule has 1 saturated carbocycles. The lowest BCUT2D eigenvalue weighted by Gasteiger charge is -2.07. The second-order valence-electron chi connectivity index (χ2n) is 4.85. The van der Waals surface area contributed by atoms with Crippen LogP contribution in [-0.2, 0) is 0 Å². The summed E-state index contributed by atoms with van der Waals surface area (Å²) in [6.45, 7) is 0.